The van der Waals surface area contributed by atoms with Crippen molar-refractivity contribution >= 4 is 118 Å². The number of carbonyl (C=O) groups is 16. The zero-order valence-electron chi connectivity index (χ0n) is 75.2. The minimum absolute atomic E-state index is 0.0116. The number of nitrogens with two attached hydrogens (primary N) is 2. The molecule has 0 bridgehead atoms. The third kappa shape index (κ3) is 28.3. The standard InChI is InChI=1S/C93H120F3N17O18S/c1-9-10-29-74-92(129)113-38-21-31-73(113)87(124)106-70(49-131-52-114)85(122)108-80(54(4)5)93(130)110(7)75(44-55-22-13-11-14-23-55)88(125)102-65(28-19-36-97)90(127)112-37-20-30-72(112)86(123)105-68(46-59-47-99-64-27-18-17-26-61(59)64)84(121)104-67(42-57-32-34-60(115)35-33-57)83(120)103-66(39-53(2)3)82(119)107-71(81(118)100-48-77(98)116)50-132-51-78(117)101-69(43-58-40-62(94)79(96)63(95)41-58)89(126)111(8)76(91(128)109(74)6)45-56-24-15-12-16-25-56/h11-18,22-27,32-35,40-41,47,52-54,65-76,80,99,115H,9-10,19-21,28-31,36-39,42-46,48-51,97H2,1-8H3,(H2,98,116)(H,100,118)(H,101,117)(H,102,125)(H,103,120)(H,104,121)(H,105,123)(H,106,124)(H,107,119)(H,108,122)/t65-,66-,67-,68-,69-,70-,71-,72+,73+,74-,75-,76-,80-/m0/s1. The fraction of sp³-hybridized carbons (Fsp3) is 0.484. The van der Waals surface area contributed by atoms with Gasteiger partial charge in [-0.05, 0) is 128 Å². The number of nitrogens with one attached hydrogen (secondary N) is 10. The van der Waals surface area contributed by atoms with Crippen molar-refractivity contribution in [1.29, 1.82) is 0 Å². The Morgan fingerprint density at radius 3 is 1.66 bits per heavy atom. The van der Waals surface area contributed by atoms with Gasteiger partial charge in [0.15, 0.2) is 17.5 Å². The van der Waals surface area contributed by atoms with E-state index in [4.69, 9.17) is 16.2 Å². The van der Waals surface area contributed by atoms with E-state index < -0.39 is 228 Å². The highest BCUT2D eigenvalue weighted by Crippen LogP contribution is 2.29. The molecule has 9 rings (SSSR count). The molecule has 4 heterocycles. The summed E-state index contributed by atoms with van der Waals surface area (Å²) in [7, 11) is 3.85. The van der Waals surface area contributed by atoms with E-state index in [9.17, 15) is 38.3 Å². The zero-order chi connectivity index (χ0) is 96.2. The molecule has 3 aliphatic heterocycles. The smallest absolute Gasteiger partial charge is 0.293 e. The van der Waals surface area contributed by atoms with Gasteiger partial charge in [0.05, 0.1) is 12.3 Å². The summed E-state index contributed by atoms with van der Waals surface area (Å²) in [5.41, 5.74) is 13.8. The molecule has 3 fully saturated rings. The molecule has 15 amide bonds. The van der Waals surface area contributed by atoms with E-state index in [0.717, 1.165) is 14.7 Å². The second kappa shape index (κ2) is 49.3. The summed E-state index contributed by atoms with van der Waals surface area (Å²) in [6.45, 7) is 6.89. The van der Waals surface area contributed by atoms with Crippen LogP contribution in [0, 0.1) is 29.3 Å². The van der Waals surface area contributed by atoms with Gasteiger partial charge in [-0.1, -0.05) is 138 Å². The number of H-pyrrole nitrogens is 1. The number of benzene rings is 5. The lowest BCUT2D eigenvalue weighted by molar-refractivity contribution is -0.152. The van der Waals surface area contributed by atoms with Crippen LogP contribution in [0.5, 0.6) is 5.75 Å². The maximum Gasteiger partial charge on any atom is 0.293 e. The maximum atomic E-state index is 15.7. The number of ether oxygens (including phenoxy) is 1. The first-order valence-electron chi connectivity index (χ1n) is 44.3. The highest BCUT2D eigenvalue weighted by molar-refractivity contribution is 8.00. The van der Waals surface area contributed by atoms with E-state index >= 15 is 56.7 Å². The fourth-order valence-corrected chi connectivity index (χ4v) is 17.3. The van der Waals surface area contributed by atoms with Crippen molar-refractivity contribution in [1.82, 2.24) is 77.3 Å². The third-order valence-corrected chi connectivity index (χ3v) is 24.7. The Morgan fingerprint density at radius 1 is 0.545 bits per heavy atom. The summed E-state index contributed by atoms with van der Waals surface area (Å²) in [4.78, 5) is 246. The Hall–Kier alpha value is -12.9. The molecule has 13 atom stereocenters. The number of hydrogen-bond donors (Lipinski definition) is 13. The van der Waals surface area contributed by atoms with Crippen molar-refractivity contribution in [2.45, 2.75) is 209 Å². The molecule has 1 aromatic heterocycles. The maximum absolute atomic E-state index is 15.7. The van der Waals surface area contributed by atoms with Crippen LogP contribution in [0.15, 0.2) is 128 Å². The number of thioether (sulfide) groups is 1. The average Bonchev–Trinajstić information content (AvgIpc) is 1.80. The molecular formula is C93H120F3N17O18S. The number of primary amides is 1. The summed E-state index contributed by atoms with van der Waals surface area (Å²) in [6.07, 6.45) is 1.15. The molecule has 0 aliphatic carbocycles. The second-order valence-corrected chi connectivity index (χ2v) is 35.2. The van der Waals surface area contributed by atoms with Gasteiger partial charge in [0.2, 0.25) is 88.6 Å². The molecule has 15 N–H and O–H groups in total. The van der Waals surface area contributed by atoms with Crippen molar-refractivity contribution < 1.29 is 99.7 Å². The van der Waals surface area contributed by atoms with E-state index in [1.165, 1.54) is 55.2 Å². The van der Waals surface area contributed by atoms with Gasteiger partial charge in [0.1, 0.15) is 90.9 Å². The monoisotopic (exact) mass is 1850 g/mol. The molecule has 35 nitrogen and oxygen atoms in total. The number of phenolic OH excluding ortho intramolecular Hbond substituents is 1. The van der Waals surface area contributed by atoms with Crippen molar-refractivity contribution in [2.75, 3.05) is 65.4 Å². The lowest BCUT2D eigenvalue weighted by Crippen LogP contribution is -2.62. The average molecular weight is 1850 g/mol. The first-order valence-corrected chi connectivity index (χ1v) is 45.4. The van der Waals surface area contributed by atoms with Gasteiger partial charge >= 0.3 is 0 Å². The van der Waals surface area contributed by atoms with Crippen LogP contribution >= 0.6 is 11.8 Å². The van der Waals surface area contributed by atoms with Gasteiger partial charge in [-0.25, -0.2) is 13.2 Å². The highest BCUT2D eigenvalue weighted by Gasteiger charge is 2.46. The number of aromatic hydroxyl groups is 1. The van der Waals surface area contributed by atoms with Crippen LogP contribution in [0.25, 0.3) is 10.9 Å². The Balaban J connectivity index is 1.13. The number of aromatic nitrogens is 1. The number of phenols is 1. The number of carbonyl (C=O) groups excluding carboxylic acids is 16. The predicted molar refractivity (Wildman–Crippen MR) is 482 cm³/mol. The molecule has 39 heteroatoms. The van der Waals surface area contributed by atoms with Crippen molar-refractivity contribution in [3.05, 3.63) is 173 Å². The minimum atomic E-state index is -1.85. The van der Waals surface area contributed by atoms with E-state index in [1.54, 1.807) is 119 Å². The summed E-state index contributed by atoms with van der Waals surface area (Å²) in [6, 6.07) is 10.8. The number of amides is 15. The Labute approximate surface area is 767 Å². The van der Waals surface area contributed by atoms with Gasteiger partial charge in [-0.15, -0.1) is 11.8 Å². The Morgan fingerprint density at radius 2 is 1.07 bits per heavy atom. The number of fused-ring (bicyclic) bond motifs is 3. The first kappa shape index (κ1) is 103. The van der Waals surface area contributed by atoms with Gasteiger partial charge in [-0.2, -0.15) is 0 Å². The molecule has 6 aromatic rings. The van der Waals surface area contributed by atoms with Crippen LogP contribution in [0.3, 0.4) is 0 Å². The van der Waals surface area contributed by atoms with Crippen LogP contribution in [0.1, 0.15) is 127 Å². The Bertz CT molecular complexity index is 5050. The number of para-hydroxylation sites is 1. The topological polar surface area (TPSA) is 495 Å². The summed E-state index contributed by atoms with van der Waals surface area (Å²) in [5, 5.41) is 35.1. The number of rotatable bonds is 25. The predicted octanol–water partition coefficient (Wildman–Crippen LogP) is 2.30. The van der Waals surface area contributed by atoms with Gasteiger partial charge < -0.3 is 98.6 Å². The van der Waals surface area contributed by atoms with Crippen LogP contribution < -0.4 is 59.3 Å². The Kier molecular flexibility index (Phi) is 38.4. The van der Waals surface area contributed by atoms with Crippen LogP contribution in [0.4, 0.5) is 13.2 Å². The van der Waals surface area contributed by atoms with E-state index in [-0.39, 0.29) is 114 Å². The number of likely N-dealkylation sites (N-methyl/N-ethyl adjacent to an activating group) is 3. The number of nitrogens with zero attached hydrogens (tertiary/aromatic N) is 5. The lowest BCUT2D eigenvalue weighted by Gasteiger charge is -2.38. The first-order chi connectivity index (χ1) is 63.0. The lowest BCUT2D eigenvalue weighted by atomic mass is 9.98. The molecule has 0 saturated carbocycles. The zero-order valence-corrected chi connectivity index (χ0v) is 76.1. The molecule has 132 heavy (non-hydrogen) atoms. The summed E-state index contributed by atoms with van der Waals surface area (Å²) in [5.74, 6) is -21.4. The number of unbranched alkanes of at least 4 members (excludes halogenated alkanes) is 1. The summed E-state index contributed by atoms with van der Waals surface area (Å²) < 4.78 is 50.2. The normalized spacial score (nSPS) is 23.7. The second-order valence-electron chi connectivity index (χ2n) is 34.2. The number of hydrogen-bond acceptors (Lipinski definition) is 20. The van der Waals surface area contributed by atoms with Crippen molar-refractivity contribution in [3.63, 3.8) is 0 Å². The van der Waals surface area contributed by atoms with E-state index in [1.807, 2.05) is 6.92 Å². The van der Waals surface area contributed by atoms with Gasteiger partial charge in [0, 0.05) is 89.2 Å². The van der Waals surface area contributed by atoms with Gasteiger partial charge in [-0.3, -0.25) is 76.7 Å². The van der Waals surface area contributed by atoms with Crippen molar-refractivity contribution in [2.24, 2.45) is 23.3 Å². The molecular weight excluding hydrogens is 1730 g/mol. The fourth-order valence-electron chi connectivity index (χ4n) is 16.5. The molecule has 5 aromatic carbocycles. The third-order valence-electron chi connectivity index (χ3n) is 23.7. The van der Waals surface area contributed by atoms with Crippen LogP contribution in [-0.4, -0.2) is 274 Å². The SMILES string of the molecule is CCCC[C@H]1C(=O)N2CCC[C@@H]2C(=O)N[C@@H](COC=O)C(=O)N[C@@H](C(C)C)C(=O)N(C)[C@@H](Cc2ccccc2)C(=O)N[C@@H](CCCN)C(=O)N2CCC[C@@H]2C(=O)N[C@@H](Cc2c[nH]c3ccccc23)C(=O)N[C@@H](Cc2ccc(O)cc2)C(=O)N[C@@H](CC(C)C)C(=O)N[C@H](C(=O)NCC(N)=O)CSCC(=O)N[C@@H](Cc2cc(F)c(F)c(F)c2)C(=O)N(C)[C@@H](Cc2ccccc2)C(=O)N1C. The number of aromatic amines is 1. The summed E-state index contributed by atoms with van der Waals surface area (Å²) >= 11 is 0.689. The van der Waals surface area contributed by atoms with Crippen LogP contribution in [-0.2, 0) is 114 Å². The van der Waals surface area contributed by atoms with E-state index in [2.05, 4.69) is 52.8 Å². The number of halogens is 3. The quantitative estimate of drug-likeness (QED) is 0.0289. The molecule has 0 unspecified atom stereocenters. The molecule has 0 spiro atoms. The van der Waals surface area contributed by atoms with Crippen LogP contribution in [0.2, 0.25) is 0 Å². The highest BCUT2D eigenvalue weighted by atomic mass is 32.2. The molecule has 0 radical (unpaired) electrons. The van der Waals surface area contributed by atoms with E-state index in [0.29, 0.717) is 69.9 Å². The van der Waals surface area contributed by atoms with Gasteiger partial charge in [0.25, 0.3) is 6.47 Å². The minimum Gasteiger partial charge on any atom is -0.508 e. The van der Waals surface area contributed by atoms with Crippen molar-refractivity contribution in [3.8, 4) is 5.75 Å². The molecule has 3 saturated heterocycles. The molecule has 712 valence electrons. The largest absolute Gasteiger partial charge is 0.508 e. The molecule has 3 aliphatic rings.